The van der Waals surface area contributed by atoms with Gasteiger partial charge in [0.2, 0.25) is 0 Å². The first-order valence-electron chi connectivity index (χ1n) is 6.84. The molecule has 20 heavy (non-hydrogen) atoms. The summed E-state index contributed by atoms with van der Waals surface area (Å²) in [7, 11) is 0. The van der Waals surface area contributed by atoms with E-state index >= 15 is 0 Å². The Bertz CT molecular complexity index is 564. The summed E-state index contributed by atoms with van der Waals surface area (Å²) in [5.74, 6) is 0.882. The number of rotatable bonds is 5. The van der Waals surface area contributed by atoms with Crippen molar-refractivity contribution in [2.75, 3.05) is 0 Å². The van der Waals surface area contributed by atoms with Crippen LogP contribution in [-0.4, -0.2) is 16.0 Å². The predicted molar refractivity (Wildman–Crippen MR) is 85.7 cm³/mol. The second kappa shape index (κ2) is 6.95. The number of nitrogens with one attached hydrogen (secondary N) is 1. The summed E-state index contributed by atoms with van der Waals surface area (Å²) in [5.41, 5.74) is 3.30. The van der Waals surface area contributed by atoms with Crippen LogP contribution in [0.4, 0.5) is 0 Å². The molecule has 1 aromatic carbocycles. The highest BCUT2D eigenvalue weighted by molar-refractivity contribution is 9.10. The normalized spacial score (nSPS) is 11.1. The topological polar surface area (TPSA) is 37.8 Å². The molecule has 0 aliphatic rings. The van der Waals surface area contributed by atoms with Gasteiger partial charge in [0.1, 0.15) is 5.82 Å². The van der Waals surface area contributed by atoms with E-state index in [-0.39, 0.29) is 0 Å². The second-order valence-corrected chi connectivity index (χ2v) is 6.17. The van der Waals surface area contributed by atoms with Crippen LogP contribution in [0.5, 0.6) is 0 Å². The lowest BCUT2D eigenvalue weighted by atomic mass is 10.1. The zero-order valence-corrected chi connectivity index (χ0v) is 13.7. The number of hydrogen-bond donors (Lipinski definition) is 1. The number of hydrogen-bond acceptors (Lipinski definition) is 3. The molecule has 106 valence electrons. The Hall–Kier alpha value is -1.26. The SMILES string of the molecule is Cc1cc(CNC(C)C)nc(Cc2ccc(Br)cc2)n1. The van der Waals surface area contributed by atoms with Gasteiger partial charge < -0.3 is 5.32 Å². The van der Waals surface area contributed by atoms with Gasteiger partial charge in [0.15, 0.2) is 0 Å². The van der Waals surface area contributed by atoms with E-state index in [1.165, 1.54) is 5.56 Å². The fourth-order valence-electron chi connectivity index (χ4n) is 1.96. The van der Waals surface area contributed by atoms with Crippen LogP contribution in [0.15, 0.2) is 34.8 Å². The molecule has 1 heterocycles. The highest BCUT2D eigenvalue weighted by Crippen LogP contribution is 2.13. The summed E-state index contributed by atoms with van der Waals surface area (Å²) in [5, 5.41) is 3.39. The number of benzene rings is 1. The van der Waals surface area contributed by atoms with Crippen molar-refractivity contribution in [1.29, 1.82) is 0 Å². The summed E-state index contributed by atoms with van der Waals surface area (Å²) < 4.78 is 1.09. The summed E-state index contributed by atoms with van der Waals surface area (Å²) in [6, 6.07) is 10.8. The molecule has 0 bridgehead atoms. The molecule has 0 radical (unpaired) electrons. The largest absolute Gasteiger partial charge is 0.309 e. The van der Waals surface area contributed by atoms with Crippen LogP contribution >= 0.6 is 15.9 Å². The molecule has 0 fully saturated rings. The summed E-state index contributed by atoms with van der Waals surface area (Å²) >= 11 is 3.45. The van der Waals surface area contributed by atoms with Gasteiger partial charge in [-0.05, 0) is 30.7 Å². The van der Waals surface area contributed by atoms with E-state index in [1.807, 2.05) is 25.1 Å². The fourth-order valence-corrected chi connectivity index (χ4v) is 2.23. The summed E-state index contributed by atoms with van der Waals surface area (Å²) in [6.45, 7) is 7.08. The number of nitrogens with zero attached hydrogens (tertiary/aromatic N) is 2. The molecule has 3 nitrogen and oxygen atoms in total. The Morgan fingerprint density at radius 3 is 2.50 bits per heavy atom. The summed E-state index contributed by atoms with van der Waals surface area (Å²) in [4.78, 5) is 9.17. The van der Waals surface area contributed by atoms with Crippen molar-refractivity contribution in [3.63, 3.8) is 0 Å². The lowest BCUT2D eigenvalue weighted by molar-refractivity contribution is 0.578. The van der Waals surface area contributed by atoms with Crippen LogP contribution in [0.1, 0.15) is 36.6 Å². The van der Waals surface area contributed by atoms with Crippen molar-refractivity contribution in [3.8, 4) is 0 Å². The molecule has 0 unspecified atom stereocenters. The third-order valence-electron chi connectivity index (χ3n) is 2.92. The monoisotopic (exact) mass is 333 g/mol. The van der Waals surface area contributed by atoms with Gasteiger partial charge in [0, 0.05) is 29.2 Å². The maximum atomic E-state index is 4.64. The smallest absolute Gasteiger partial charge is 0.133 e. The first kappa shape index (κ1) is 15.1. The van der Waals surface area contributed by atoms with Crippen LogP contribution in [0.3, 0.4) is 0 Å². The molecule has 1 N–H and O–H groups in total. The minimum absolute atomic E-state index is 0.459. The maximum absolute atomic E-state index is 4.64. The van der Waals surface area contributed by atoms with Gasteiger partial charge in [0.25, 0.3) is 0 Å². The average molecular weight is 334 g/mol. The Kier molecular flexibility index (Phi) is 5.26. The highest BCUT2D eigenvalue weighted by Gasteiger charge is 2.04. The number of aryl methyl sites for hydroxylation is 1. The minimum atomic E-state index is 0.459. The van der Waals surface area contributed by atoms with Gasteiger partial charge in [-0.15, -0.1) is 0 Å². The second-order valence-electron chi connectivity index (χ2n) is 5.26. The standard InChI is InChI=1S/C16H20BrN3/c1-11(2)18-10-15-8-12(3)19-16(20-15)9-13-4-6-14(17)7-5-13/h4-8,11,18H,9-10H2,1-3H3. The van der Waals surface area contributed by atoms with Crippen LogP contribution < -0.4 is 5.32 Å². The van der Waals surface area contributed by atoms with E-state index < -0.39 is 0 Å². The molecular weight excluding hydrogens is 314 g/mol. The molecule has 1 aromatic heterocycles. The van der Waals surface area contributed by atoms with E-state index in [4.69, 9.17) is 0 Å². The minimum Gasteiger partial charge on any atom is -0.309 e. The molecule has 0 aliphatic heterocycles. The maximum Gasteiger partial charge on any atom is 0.133 e. The number of aromatic nitrogens is 2. The van der Waals surface area contributed by atoms with Crippen molar-refractivity contribution >= 4 is 15.9 Å². The van der Waals surface area contributed by atoms with E-state index in [1.54, 1.807) is 0 Å². The van der Waals surface area contributed by atoms with Crippen molar-refractivity contribution in [3.05, 3.63) is 57.6 Å². The van der Waals surface area contributed by atoms with Crippen molar-refractivity contribution < 1.29 is 0 Å². The first-order valence-corrected chi connectivity index (χ1v) is 7.63. The van der Waals surface area contributed by atoms with Crippen LogP contribution in [0.25, 0.3) is 0 Å². The van der Waals surface area contributed by atoms with Crippen molar-refractivity contribution in [1.82, 2.24) is 15.3 Å². The van der Waals surface area contributed by atoms with E-state index in [2.05, 4.69) is 57.2 Å². The zero-order chi connectivity index (χ0) is 14.5. The molecule has 0 amide bonds. The zero-order valence-electron chi connectivity index (χ0n) is 12.2. The molecule has 0 saturated heterocycles. The van der Waals surface area contributed by atoms with Gasteiger partial charge in [-0.25, -0.2) is 9.97 Å². The average Bonchev–Trinajstić information content (AvgIpc) is 2.38. The lowest BCUT2D eigenvalue weighted by Crippen LogP contribution is -2.23. The van der Waals surface area contributed by atoms with E-state index in [0.29, 0.717) is 6.04 Å². The lowest BCUT2D eigenvalue weighted by Gasteiger charge is -2.09. The van der Waals surface area contributed by atoms with E-state index in [9.17, 15) is 0 Å². The predicted octanol–water partition coefficient (Wildman–Crippen LogP) is 3.64. The molecular formula is C16H20BrN3. The van der Waals surface area contributed by atoms with Gasteiger partial charge in [-0.1, -0.05) is 41.9 Å². The van der Waals surface area contributed by atoms with Crippen LogP contribution in [0, 0.1) is 6.92 Å². The van der Waals surface area contributed by atoms with Crippen LogP contribution in [0.2, 0.25) is 0 Å². The van der Waals surface area contributed by atoms with Gasteiger partial charge in [-0.2, -0.15) is 0 Å². The molecule has 0 aliphatic carbocycles. The number of halogens is 1. The molecule has 0 atom stereocenters. The molecule has 0 spiro atoms. The molecule has 2 aromatic rings. The Morgan fingerprint density at radius 1 is 1.15 bits per heavy atom. The van der Waals surface area contributed by atoms with Crippen molar-refractivity contribution in [2.24, 2.45) is 0 Å². The quantitative estimate of drug-likeness (QED) is 0.907. The highest BCUT2D eigenvalue weighted by atomic mass is 79.9. The van der Waals surface area contributed by atoms with Gasteiger partial charge >= 0.3 is 0 Å². The third-order valence-corrected chi connectivity index (χ3v) is 3.45. The fraction of sp³-hybridized carbons (Fsp3) is 0.375. The first-order chi connectivity index (χ1) is 9.52. The van der Waals surface area contributed by atoms with Crippen LogP contribution in [-0.2, 0) is 13.0 Å². The molecule has 0 saturated carbocycles. The van der Waals surface area contributed by atoms with E-state index in [0.717, 1.165) is 34.7 Å². The third kappa shape index (κ3) is 4.69. The van der Waals surface area contributed by atoms with Crippen molar-refractivity contribution in [2.45, 2.75) is 39.8 Å². The Balaban J connectivity index is 2.13. The Labute approximate surface area is 129 Å². The molecule has 2 rings (SSSR count). The summed E-state index contributed by atoms with van der Waals surface area (Å²) in [6.07, 6.45) is 0.767. The Morgan fingerprint density at radius 2 is 1.85 bits per heavy atom. The van der Waals surface area contributed by atoms with Gasteiger partial charge in [-0.3, -0.25) is 0 Å². The van der Waals surface area contributed by atoms with Gasteiger partial charge in [0.05, 0.1) is 5.69 Å². The molecule has 4 heteroatoms.